The zero-order chi connectivity index (χ0) is 19.4. The van der Waals surface area contributed by atoms with Crippen LogP contribution in [0.5, 0.6) is 0 Å². The summed E-state index contributed by atoms with van der Waals surface area (Å²) in [6.07, 6.45) is 11.2. The molecule has 0 amide bonds. The van der Waals surface area contributed by atoms with Crippen LogP contribution in [0.15, 0.2) is 0 Å². The number of aliphatic carboxylic acids is 2. The van der Waals surface area contributed by atoms with Gasteiger partial charge in [-0.2, -0.15) is 0 Å². The van der Waals surface area contributed by atoms with E-state index in [1.54, 1.807) is 0 Å². The van der Waals surface area contributed by atoms with Gasteiger partial charge in [0.1, 0.15) is 0 Å². The average molecular weight is 370 g/mol. The second-order valence-electron chi connectivity index (χ2n) is 7.40. The largest absolute Gasteiger partial charge is 0.481 e. The number of hydrogen-bond donors (Lipinski definition) is 2. The minimum atomic E-state index is -1.11. The summed E-state index contributed by atoms with van der Waals surface area (Å²) in [5, 5.41) is 18.4. The van der Waals surface area contributed by atoms with Gasteiger partial charge >= 0.3 is 17.9 Å². The number of esters is 1. The molecule has 0 heterocycles. The molecule has 0 aromatic carbocycles. The number of carboxylic acid groups (broad SMARTS) is 2. The highest BCUT2D eigenvalue weighted by Gasteiger charge is 2.42. The quantitative estimate of drug-likeness (QED) is 0.371. The van der Waals surface area contributed by atoms with E-state index in [0.717, 1.165) is 19.3 Å². The lowest BCUT2D eigenvalue weighted by atomic mass is 9.74. The molecule has 1 aliphatic carbocycles. The van der Waals surface area contributed by atoms with Gasteiger partial charge in [0.15, 0.2) is 0 Å². The smallest absolute Gasteiger partial charge is 0.309 e. The van der Waals surface area contributed by atoms with Crippen molar-refractivity contribution in [1.29, 1.82) is 0 Å². The van der Waals surface area contributed by atoms with E-state index in [2.05, 4.69) is 6.92 Å². The third-order valence-corrected chi connectivity index (χ3v) is 5.31. The van der Waals surface area contributed by atoms with E-state index in [9.17, 15) is 19.5 Å². The first-order valence-corrected chi connectivity index (χ1v) is 10.1. The molecular weight excluding hydrogens is 336 g/mol. The summed E-state index contributed by atoms with van der Waals surface area (Å²) in [5.74, 6) is -4.95. The molecule has 3 atom stereocenters. The fraction of sp³-hybridized carbons (Fsp3) is 0.850. The van der Waals surface area contributed by atoms with Gasteiger partial charge in [-0.25, -0.2) is 0 Å². The summed E-state index contributed by atoms with van der Waals surface area (Å²) in [6.45, 7) is 2.53. The number of rotatable bonds is 13. The Balaban J connectivity index is 2.19. The van der Waals surface area contributed by atoms with Gasteiger partial charge in [0.05, 0.1) is 24.4 Å². The van der Waals surface area contributed by atoms with Crippen molar-refractivity contribution in [2.24, 2.45) is 17.8 Å². The van der Waals surface area contributed by atoms with Crippen molar-refractivity contribution in [3.05, 3.63) is 0 Å². The lowest BCUT2D eigenvalue weighted by molar-refractivity contribution is -0.163. The van der Waals surface area contributed by atoms with Gasteiger partial charge in [-0.05, 0) is 25.7 Å². The number of carbonyl (C=O) groups is 3. The van der Waals surface area contributed by atoms with Crippen LogP contribution in [0.4, 0.5) is 0 Å². The molecule has 150 valence electrons. The fourth-order valence-electron chi connectivity index (χ4n) is 3.64. The third-order valence-electron chi connectivity index (χ3n) is 5.31. The van der Waals surface area contributed by atoms with E-state index in [4.69, 9.17) is 9.84 Å². The molecule has 26 heavy (non-hydrogen) atoms. The Morgan fingerprint density at radius 1 is 0.808 bits per heavy atom. The molecular formula is C20H34O6. The molecule has 6 nitrogen and oxygen atoms in total. The number of ether oxygens (including phenoxy) is 1. The molecule has 3 unspecified atom stereocenters. The molecule has 0 radical (unpaired) electrons. The third kappa shape index (κ3) is 8.19. The molecule has 0 aromatic rings. The van der Waals surface area contributed by atoms with E-state index in [1.807, 2.05) is 0 Å². The predicted octanol–water partition coefficient (Wildman–Crippen LogP) is 4.26. The Kier molecular flexibility index (Phi) is 11.0. The summed E-state index contributed by atoms with van der Waals surface area (Å²) in [6, 6.07) is 0. The summed E-state index contributed by atoms with van der Waals surface area (Å²) in [4.78, 5) is 34.6. The van der Waals surface area contributed by atoms with Gasteiger partial charge in [0.2, 0.25) is 0 Å². The van der Waals surface area contributed by atoms with Crippen LogP contribution in [-0.4, -0.2) is 34.7 Å². The second-order valence-corrected chi connectivity index (χ2v) is 7.40. The van der Waals surface area contributed by atoms with Crippen LogP contribution in [0.1, 0.15) is 84.0 Å². The molecule has 0 aromatic heterocycles. The van der Waals surface area contributed by atoms with Crippen LogP contribution in [0.25, 0.3) is 0 Å². The zero-order valence-electron chi connectivity index (χ0n) is 16.0. The SMILES string of the molecule is CCCCCCCCCCCOC(=O)C1CCC(C(=O)O)CC1C(=O)O. The summed E-state index contributed by atoms with van der Waals surface area (Å²) in [5.41, 5.74) is 0. The van der Waals surface area contributed by atoms with E-state index in [1.165, 1.54) is 38.5 Å². The lowest BCUT2D eigenvalue weighted by Crippen LogP contribution is -2.38. The maximum absolute atomic E-state index is 12.2. The standard InChI is InChI=1S/C20H34O6/c1-2-3-4-5-6-7-8-9-10-13-26-20(25)16-12-11-15(18(21)22)14-17(16)19(23)24/h15-17H,2-14H2,1H3,(H,21,22)(H,23,24). The Bertz CT molecular complexity index is 448. The molecule has 0 saturated heterocycles. The minimum Gasteiger partial charge on any atom is -0.481 e. The fourth-order valence-corrected chi connectivity index (χ4v) is 3.64. The lowest BCUT2D eigenvalue weighted by Gasteiger charge is -2.30. The number of carbonyl (C=O) groups excluding carboxylic acids is 1. The van der Waals surface area contributed by atoms with Crippen molar-refractivity contribution < 1.29 is 29.3 Å². The zero-order valence-corrected chi connectivity index (χ0v) is 16.0. The van der Waals surface area contributed by atoms with Gasteiger partial charge < -0.3 is 14.9 Å². The van der Waals surface area contributed by atoms with Gasteiger partial charge in [-0.3, -0.25) is 14.4 Å². The predicted molar refractivity (Wildman–Crippen MR) is 97.8 cm³/mol. The number of carboxylic acids is 2. The minimum absolute atomic E-state index is 0.00245. The van der Waals surface area contributed by atoms with E-state index in [-0.39, 0.29) is 12.8 Å². The summed E-state index contributed by atoms with van der Waals surface area (Å²) < 4.78 is 5.27. The van der Waals surface area contributed by atoms with E-state index >= 15 is 0 Å². The van der Waals surface area contributed by atoms with Crippen molar-refractivity contribution >= 4 is 17.9 Å². The summed E-state index contributed by atoms with van der Waals surface area (Å²) in [7, 11) is 0. The Hall–Kier alpha value is -1.59. The maximum atomic E-state index is 12.2. The van der Waals surface area contributed by atoms with Crippen LogP contribution < -0.4 is 0 Å². The molecule has 1 saturated carbocycles. The topological polar surface area (TPSA) is 101 Å². The molecule has 2 N–H and O–H groups in total. The average Bonchev–Trinajstić information content (AvgIpc) is 2.62. The highest BCUT2D eigenvalue weighted by Crippen LogP contribution is 2.35. The normalized spacial score (nSPS) is 22.7. The molecule has 0 aliphatic heterocycles. The first kappa shape index (κ1) is 22.5. The molecule has 0 bridgehead atoms. The van der Waals surface area contributed by atoms with Crippen molar-refractivity contribution in [2.75, 3.05) is 6.61 Å². The number of hydrogen-bond acceptors (Lipinski definition) is 4. The van der Waals surface area contributed by atoms with Crippen LogP contribution in [0.2, 0.25) is 0 Å². The highest BCUT2D eigenvalue weighted by atomic mass is 16.5. The van der Waals surface area contributed by atoms with Gasteiger partial charge in [0.25, 0.3) is 0 Å². The van der Waals surface area contributed by atoms with Crippen LogP contribution in [-0.2, 0) is 19.1 Å². The van der Waals surface area contributed by atoms with Crippen molar-refractivity contribution in [3.63, 3.8) is 0 Å². The highest BCUT2D eigenvalue weighted by molar-refractivity contribution is 5.82. The Morgan fingerprint density at radius 3 is 1.92 bits per heavy atom. The first-order valence-electron chi connectivity index (χ1n) is 10.1. The maximum Gasteiger partial charge on any atom is 0.309 e. The summed E-state index contributed by atoms with van der Waals surface area (Å²) >= 11 is 0. The molecule has 0 spiro atoms. The Labute approximate surface area is 156 Å². The van der Waals surface area contributed by atoms with Gasteiger partial charge in [0, 0.05) is 0 Å². The molecule has 6 heteroatoms. The van der Waals surface area contributed by atoms with E-state index < -0.39 is 35.7 Å². The van der Waals surface area contributed by atoms with E-state index in [0.29, 0.717) is 13.0 Å². The van der Waals surface area contributed by atoms with Crippen molar-refractivity contribution in [2.45, 2.75) is 84.0 Å². The second kappa shape index (κ2) is 12.7. The molecule has 1 fully saturated rings. The van der Waals surface area contributed by atoms with Crippen molar-refractivity contribution in [3.8, 4) is 0 Å². The molecule has 1 aliphatic rings. The van der Waals surface area contributed by atoms with Crippen LogP contribution >= 0.6 is 0 Å². The number of unbranched alkanes of at least 4 members (excludes halogenated alkanes) is 8. The van der Waals surface area contributed by atoms with Crippen molar-refractivity contribution in [1.82, 2.24) is 0 Å². The Morgan fingerprint density at radius 2 is 1.38 bits per heavy atom. The monoisotopic (exact) mass is 370 g/mol. The van der Waals surface area contributed by atoms with Crippen LogP contribution in [0.3, 0.4) is 0 Å². The van der Waals surface area contributed by atoms with Gasteiger partial charge in [-0.1, -0.05) is 58.3 Å². The van der Waals surface area contributed by atoms with Gasteiger partial charge in [-0.15, -0.1) is 0 Å². The van der Waals surface area contributed by atoms with Crippen LogP contribution in [0, 0.1) is 17.8 Å². The first-order chi connectivity index (χ1) is 12.5. The molecule has 1 rings (SSSR count).